The lowest BCUT2D eigenvalue weighted by Gasteiger charge is -2.09. The Bertz CT molecular complexity index is 1150. The molecule has 7 heteroatoms. The van der Waals surface area contributed by atoms with Gasteiger partial charge >= 0.3 is 0 Å². The van der Waals surface area contributed by atoms with E-state index in [4.69, 9.17) is 16.6 Å². The van der Waals surface area contributed by atoms with Gasteiger partial charge in [0, 0.05) is 24.2 Å². The number of aromatic nitrogens is 4. The van der Waals surface area contributed by atoms with Crippen LogP contribution in [-0.4, -0.2) is 19.3 Å². The molecule has 0 aliphatic rings. The van der Waals surface area contributed by atoms with E-state index in [1.165, 1.54) is 0 Å². The second-order valence-electron chi connectivity index (χ2n) is 6.69. The molecule has 6 nitrogen and oxygen atoms in total. The molecule has 0 bridgehead atoms. The summed E-state index contributed by atoms with van der Waals surface area (Å²) in [4.78, 5) is 15.7. The lowest BCUT2D eigenvalue weighted by atomic mass is 10.1. The highest BCUT2D eigenvalue weighted by Gasteiger charge is 2.15. The number of benzene rings is 2. The number of hydrogen-bond donors (Lipinski definition) is 0. The van der Waals surface area contributed by atoms with Gasteiger partial charge in [-0.05, 0) is 55.8 Å². The Kier molecular flexibility index (Phi) is 4.96. The van der Waals surface area contributed by atoms with Crippen LogP contribution in [0.3, 0.4) is 0 Å². The summed E-state index contributed by atoms with van der Waals surface area (Å²) >= 11 is 6.14. The largest absolute Gasteiger partial charge is 0.328 e. The molecule has 2 aromatic heterocycles. The average Bonchev–Trinajstić information content (AvgIpc) is 3.30. The zero-order chi connectivity index (χ0) is 19.7. The fourth-order valence-electron chi connectivity index (χ4n) is 3.47. The Hall–Kier alpha value is -2.99. The number of hydrogen-bond acceptors (Lipinski definition) is 4. The van der Waals surface area contributed by atoms with Crippen molar-refractivity contribution in [3.05, 3.63) is 81.7 Å². The van der Waals surface area contributed by atoms with E-state index in [2.05, 4.69) is 21.8 Å². The number of nitroso groups, excluding NO2 is 1. The maximum atomic E-state index is 10.9. The maximum Gasteiger partial charge on any atom is 0.115 e. The Labute approximate surface area is 167 Å². The van der Waals surface area contributed by atoms with Crippen molar-refractivity contribution in [3.8, 4) is 5.69 Å². The van der Waals surface area contributed by atoms with Gasteiger partial charge in [0.05, 0.1) is 22.4 Å². The van der Waals surface area contributed by atoms with Gasteiger partial charge in [0.1, 0.15) is 11.9 Å². The van der Waals surface area contributed by atoms with Crippen molar-refractivity contribution in [1.29, 1.82) is 0 Å². The van der Waals surface area contributed by atoms with Crippen LogP contribution in [0.5, 0.6) is 0 Å². The normalized spacial score (nSPS) is 12.4. The van der Waals surface area contributed by atoms with Crippen molar-refractivity contribution in [3.63, 3.8) is 0 Å². The highest BCUT2D eigenvalue weighted by molar-refractivity contribution is 6.30. The van der Waals surface area contributed by atoms with E-state index in [1.807, 2.05) is 53.2 Å². The quantitative estimate of drug-likeness (QED) is 0.417. The van der Waals surface area contributed by atoms with Gasteiger partial charge in [-0.25, -0.2) is 9.67 Å². The summed E-state index contributed by atoms with van der Waals surface area (Å²) in [5.74, 6) is 0.949. The van der Waals surface area contributed by atoms with E-state index in [-0.39, 0.29) is 6.04 Å². The molecule has 2 aromatic carbocycles. The minimum Gasteiger partial charge on any atom is -0.328 e. The number of rotatable bonds is 6. The molecule has 4 rings (SSSR count). The molecule has 28 heavy (non-hydrogen) atoms. The van der Waals surface area contributed by atoms with Crippen molar-refractivity contribution in [2.24, 2.45) is 5.18 Å². The second kappa shape index (κ2) is 7.56. The van der Waals surface area contributed by atoms with Gasteiger partial charge in [0.2, 0.25) is 0 Å². The van der Waals surface area contributed by atoms with Gasteiger partial charge in [-0.2, -0.15) is 10.0 Å². The predicted molar refractivity (Wildman–Crippen MR) is 111 cm³/mol. The summed E-state index contributed by atoms with van der Waals surface area (Å²) in [5, 5.41) is 8.25. The number of aryl methyl sites for hydroxylation is 1. The van der Waals surface area contributed by atoms with Crippen LogP contribution in [0, 0.1) is 4.91 Å². The number of halogens is 1. The summed E-state index contributed by atoms with van der Waals surface area (Å²) in [7, 11) is 0. The number of imidazole rings is 1. The van der Waals surface area contributed by atoms with E-state index in [1.54, 1.807) is 13.1 Å². The molecule has 0 aliphatic heterocycles. The molecular formula is C21H20ClN5O. The third-order valence-corrected chi connectivity index (χ3v) is 5.16. The Balaban J connectivity index is 1.74. The van der Waals surface area contributed by atoms with E-state index in [9.17, 15) is 4.91 Å². The molecule has 0 radical (unpaired) electrons. The fraction of sp³-hybridized carbons (Fsp3) is 0.238. The zero-order valence-electron chi connectivity index (χ0n) is 15.7. The molecular weight excluding hydrogens is 374 g/mol. The second-order valence-corrected chi connectivity index (χ2v) is 7.13. The average molecular weight is 394 g/mol. The van der Waals surface area contributed by atoms with Crippen LogP contribution >= 0.6 is 11.6 Å². The lowest BCUT2D eigenvalue weighted by Crippen LogP contribution is -2.07. The molecule has 2 heterocycles. The molecule has 0 N–H and O–H groups in total. The highest BCUT2D eigenvalue weighted by Crippen LogP contribution is 2.25. The molecule has 0 fully saturated rings. The summed E-state index contributed by atoms with van der Waals surface area (Å²) in [6.45, 7) is 4.69. The molecule has 0 spiro atoms. The molecule has 0 saturated heterocycles. The number of nitrogens with zero attached hydrogens (tertiary/aromatic N) is 5. The van der Waals surface area contributed by atoms with Crippen molar-refractivity contribution in [1.82, 2.24) is 19.3 Å². The minimum absolute atomic E-state index is 0.385. The topological polar surface area (TPSA) is 65.1 Å². The van der Waals surface area contributed by atoms with Gasteiger partial charge in [-0.1, -0.05) is 28.9 Å². The first-order chi connectivity index (χ1) is 13.6. The van der Waals surface area contributed by atoms with Crippen LogP contribution in [0.4, 0.5) is 0 Å². The number of fused-ring (bicyclic) bond motifs is 1. The minimum atomic E-state index is -0.385. The van der Waals surface area contributed by atoms with Crippen molar-refractivity contribution < 1.29 is 0 Å². The smallest absolute Gasteiger partial charge is 0.115 e. The monoisotopic (exact) mass is 393 g/mol. The Morgan fingerprint density at radius 3 is 2.79 bits per heavy atom. The van der Waals surface area contributed by atoms with Crippen LogP contribution in [0.25, 0.3) is 16.7 Å². The standard InChI is InChI=1S/C21H20ClN5O/c1-3-26-20-8-7-15(14(2)25-28)11-19(20)24-21(26)13-18-9-10-23-27(18)17-6-4-5-16(22)12-17/h4-12,14H,3,13H2,1-2H3. The Morgan fingerprint density at radius 1 is 1.18 bits per heavy atom. The van der Waals surface area contributed by atoms with Crippen LogP contribution in [0.15, 0.2) is 59.9 Å². The first-order valence-corrected chi connectivity index (χ1v) is 9.59. The summed E-state index contributed by atoms with van der Waals surface area (Å²) < 4.78 is 4.07. The highest BCUT2D eigenvalue weighted by atomic mass is 35.5. The van der Waals surface area contributed by atoms with E-state index < -0.39 is 0 Å². The van der Waals surface area contributed by atoms with Crippen molar-refractivity contribution >= 4 is 22.6 Å². The van der Waals surface area contributed by atoms with E-state index in [0.29, 0.717) is 11.4 Å². The van der Waals surface area contributed by atoms with Crippen molar-refractivity contribution in [2.45, 2.75) is 32.9 Å². The van der Waals surface area contributed by atoms with Gasteiger partial charge in [-0.3, -0.25) is 0 Å². The van der Waals surface area contributed by atoms with Gasteiger partial charge < -0.3 is 4.57 Å². The molecule has 1 atom stereocenters. The van der Waals surface area contributed by atoms with E-state index >= 15 is 0 Å². The van der Waals surface area contributed by atoms with Gasteiger partial charge in [-0.15, -0.1) is 0 Å². The molecule has 142 valence electrons. The van der Waals surface area contributed by atoms with Crippen LogP contribution in [0.1, 0.15) is 37.0 Å². The molecule has 0 amide bonds. The summed E-state index contributed by atoms with van der Waals surface area (Å²) in [5.41, 5.74) is 4.74. The van der Waals surface area contributed by atoms with Crippen LogP contribution in [0.2, 0.25) is 5.02 Å². The van der Waals surface area contributed by atoms with Crippen LogP contribution < -0.4 is 0 Å². The summed E-state index contributed by atoms with van der Waals surface area (Å²) in [6.07, 6.45) is 2.41. The predicted octanol–water partition coefficient (Wildman–Crippen LogP) is 5.31. The summed E-state index contributed by atoms with van der Waals surface area (Å²) in [6, 6.07) is 15.1. The van der Waals surface area contributed by atoms with Gasteiger partial charge in [0.25, 0.3) is 0 Å². The zero-order valence-corrected chi connectivity index (χ0v) is 16.5. The molecule has 4 aromatic rings. The first kappa shape index (κ1) is 18.4. The molecule has 1 unspecified atom stereocenters. The third-order valence-electron chi connectivity index (χ3n) is 4.92. The third kappa shape index (κ3) is 3.31. The molecule has 0 aliphatic carbocycles. The van der Waals surface area contributed by atoms with Gasteiger partial charge in [0.15, 0.2) is 0 Å². The van der Waals surface area contributed by atoms with E-state index in [0.717, 1.165) is 40.3 Å². The maximum absolute atomic E-state index is 10.9. The van der Waals surface area contributed by atoms with Crippen molar-refractivity contribution in [2.75, 3.05) is 0 Å². The lowest BCUT2D eigenvalue weighted by molar-refractivity contribution is 0.715. The Morgan fingerprint density at radius 2 is 2.04 bits per heavy atom. The van der Waals surface area contributed by atoms with Crippen LogP contribution in [-0.2, 0) is 13.0 Å². The SMILES string of the molecule is CCn1c(Cc2ccnn2-c2cccc(Cl)c2)nc2cc(C(C)N=O)ccc21. The molecule has 0 saturated carbocycles. The fourth-order valence-corrected chi connectivity index (χ4v) is 3.66. The first-order valence-electron chi connectivity index (χ1n) is 9.21.